The Morgan fingerprint density at radius 3 is 2.61 bits per heavy atom. The van der Waals surface area contributed by atoms with Crippen molar-refractivity contribution in [1.82, 2.24) is 9.66 Å². The fraction of sp³-hybridized carbons (Fsp3) is 0.259. The van der Waals surface area contributed by atoms with Crippen LogP contribution < -0.4 is 26.8 Å². The molecule has 0 bridgehead atoms. The Bertz CT molecular complexity index is 1590. The quantitative estimate of drug-likeness (QED) is 0.162. The Kier molecular flexibility index (Phi) is 8.08. The number of aryl methyl sites for hydroxylation is 3. The zero-order valence-corrected chi connectivity index (χ0v) is 23.4. The van der Waals surface area contributed by atoms with Gasteiger partial charge in [-0.05, 0) is 56.5 Å². The first kappa shape index (κ1) is 27.2. The molecule has 1 atom stereocenters. The molecule has 1 unspecified atom stereocenters. The second-order valence-electron chi connectivity index (χ2n) is 8.81. The van der Waals surface area contributed by atoms with Gasteiger partial charge in [0.15, 0.2) is 5.16 Å². The first-order valence-electron chi connectivity index (χ1n) is 11.9. The number of amides is 2. The van der Waals surface area contributed by atoms with E-state index in [0.717, 1.165) is 38.9 Å². The Balaban J connectivity index is 1.61. The summed E-state index contributed by atoms with van der Waals surface area (Å²) >= 11 is 2.23. The molecule has 0 spiro atoms. The zero-order chi connectivity index (χ0) is 27.6. The minimum atomic E-state index is -0.561. The number of aromatic nitrogens is 2. The number of thiophene rings is 1. The van der Waals surface area contributed by atoms with Crippen LogP contribution in [0, 0.1) is 20.8 Å². The molecule has 2 amide bonds. The number of hydrogen-bond acceptors (Lipinski definition) is 8. The monoisotopic (exact) mass is 551 g/mol. The van der Waals surface area contributed by atoms with Crippen LogP contribution in [0.5, 0.6) is 5.75 Å². The van der Waals surface area contributed by atoms with Crippen molar-refractivity contribution in [2.45, 2.75) is 44.5 Å². The number of fused-ring (bicyclic) bond motifs is 1. The van der Waals surface area contributed by atoms with Crippen molar-refractivity contribution in [1.29, 1.82) is 0 Å². The number of rotatable bonds is 8. The number of anilines is 2. The molecule has 0 fully saturated rings. The molecule has 4 rings (SSSR count). The number of methoxy groups -OCH3 is 1. The molecule has 0 aliphatic carbocycles. The number of nitrogens with one attached hydrogen (secondary N) is 2. The van der Waals surface area contributed by atoms with Crippen LogP contribution in [0.4, 0.5) is 11.4 Å². The van der Waals surface area contributed by atoms with Gasteiger partial charge in [0, 0.05) is 17.4 Å². The standard InChI is InChI=1S/C27H29N5O4S2/c1-6-20(23(33)29-17-8-7-9-18(13-17)36-5)37-27-31-25-21(26(35)32(27)28)16(4)22(38-25)24(34)30-19-11-10-14(2)12-15(19)3/h7-13,20H,6,28H2,1-5H3,(H,29,33)(H,30,34). The Morgan fingerprint density at radius 1 is 1.16 bits per heavy atom. The molecule has 2 heterocycles. The van der Waals surface area contributed by atoms with Crippen molar-refractivity contribution in [3.63, 3.8) is 0 Å². The highest BCUT2D eigenvalue weighted by Gasteiger charge is 2.25. The molecule has 38 heavy (non-hydrogen) atoms. The predicted molar refractivity (Wildman–Crippen MR) is 154 cm³/mol. The summed E-state index contributed by atoms with van der Waals surface area (Å²) in [6.07, 6.45) is 0.474. The number of carbonyl (C=O) groups excluding carboxylic acids is 2. The van der Waals surface area contributed by atoms with E-state index in [9.17, 15) is 14.4 Å². The molecular formula is C27H29N5O4S2. The van der Waals surface area contributed by atoms with Crippen LogP contribution in [0.2, 0.25) is 0 Å². The van der Waals surface area contributed by atoms with Gasteiger partial charge in [0.2, 0.25) is 5.91 Å². The maximum absolute atomic E-state index is 13.2. The Morgan fingerprint density at radius 2 is 1.92 bits per heavy atom. The van der Waals surface area contributed by atoms with E-state index in [1.54, 1.807) is 38.3 Å². The average molecular weight is 552 g/mol. The molecule has 0 aliphatic rings. The summed E-state index contributed by atoms with van der Waals surface area (Å²) in [7, 11) is 1.55. The van der Waals surface area contributed by atoms with Crippen LogP contribution in [0.3, 0.4) is 0 Å². The molecule has 4 N–H and O–H groups in total. The summed E-state index contributed by atoms with van der Waals surface area (Å²) in [5.74, 6) is 6.18. The van der Waals surface area contributed by atoms with Crippen LogP contribution in [0.25, 0.3) is 10.2 Å². The highest BCUT2D eigenvalue weighted by Crippen LogP contribution is 2.32. The number of ether oxygens (including phenoxy) is 1. The lowest BCUT2D eigenvalue weighted by atomic mass is 10.1. The SMILES string of the molecule is CCC(Sc1nc2sc(C(=O)Nc3ccc(C)cc3C)c(C)c2c(=O)n1N)C(=O)Nc1cccc(OC)c1. The van der Waals surface area contributed by atoms with E-state index in [1.165, 1.54) is 0 Å². The second-order valence-corrected chi connectivity index (χ2v) is 11.0. The lowest BCUT2D eigenvalue weighted by Crippen LogP contribution is -2.32. The maximum atomic E-state index is 13.2. The number of nitrogens with two attached hydrogens (primary N) is 1. The van der Waals surface area contributed by atoms with Crippen LogP contribution in [0.15, 0.2) is 52.4 Å². The normalized spacial score (nSPS) is 11.8. The minimum Gasteiger partial charge on any atom is -0.497 e. The third kappa shape index (κ3) is 5.53. The van der Waals surface area contributed by atoms with Gasteiger partial charge >= 0.3 is 0 Å². The molecule has 0 aliphatic heterocycles. The molecule has 11 heteroatoms. The Hall–Kier alpha value is -3.83. The van der Waals surface area contributed by atoms with Crippen molar-refractivity contribution >= 4 is 56.5 Å². The summed E-state index contributed by atoms with van der Waals surface area (Å²) in [5, 5.41) is 5.72. The fourth-order valence-corrected chi connectivity index (χ4v) is 6.03. The molecule has 198 valence electrons. The number of hydrogen-bond donors (Lipinski definition) is 3. The lowest BCUT2D eigenvalue weighted by Gasteiger charge is -2.16. The largest absolute Gasteiger partial charge is 0.497 e. The molecule has 0 saturated carbocycles. The molecule has 0 radical (unpaired) electrons. The van der Waals surface area contributed by atoms with E-state index in [-0.39, 0.29) is 17.0 Å². The summed E-state index contributed by atoms with van der Waals surface area (Å²) in [6, 6.07) is 12.8. The van der Waals surface area contributed by atoms with Crippen molar-refractivity contribution in [2.24, 2.45) is 0 Å². The van der Waals surface area contributed by atoms with Gasteiger partial charge in [-0.3, -0.25) is 14.4 Å². The zero-order valence-electron chi connectivity index (χ0n) is 21.7. The maximum Gasteiger partial charge on any atom is 0.281 e. The van der Waals surface area contributed by atoms with E-state index < -0.39 is 10.8 Å². The second kappa shape index (κ2) is 11.3. The summed E-state index contributed by atoms with van der Waals surface area (Å²) < 4.78 is 6.16. The first-order valence-corrected chi connectivity index (χ1v) is 13.6. The summed E-state index contributed by atoms with van der Waals surface area (Å²) in [4.78, 5) is 44.7. The van der Waals surface area contributed by atoms with Crippen LogP contribution in [-0.2, 0) is 4.79 Å². The third-order valence-corrected chi connectivity index (χ3v) is 8.56. The molecule has 4 aromatic rings. The molecule has 9 nitrogen and oxygen atoms in total. The van der Waals surface area contributed by atoms with Gasteiger partial charge in [-0.1, -0.05) is 42.4 Å². The molecule has 0 saturated heterocycles. The number of nitrogen functional groups attached to an aromatic ring is 1. The van der Waals surface area contributed by atoms with E-state index in [4.69, 9.17) is 10.6 Å². The number of nitrogens with zero attached hydrogens (tertiary/aromatic N) is 2. The molecule has 2 aromatic heterocycles. The van der Waals surface area contributed by atoms with Crippen molar-refractivity contribution in [3.05, 3.63) is 74.4 Å². The minimum absolute atomic E-state index is 0.192. The molecular weight excluding hydrogens is 522 g/mol. The topological polar surface area (TPSA) is 128 Å². The van der Waals surface area contributed by atoms with E-state index >= 15 is 0 Å². The highest BCUT2D eigenvalue weighted by atomic mass is 32.2. The summed E-state index contributed by atoms with van der Waals surface area (Å²) in [5.41, 5.74) is 3.37. The summed E-state index contributed by atoms with van der Waals surface area (Å²) in [6.45, 7) is 7.49. The number of thioether (sulfide) groups is 1. The predicted octanol–water partition coefficient (Wildman–Crippen LogP) is 4.87. The van der Waals surface area contributed by atoms with Crippen LogP contribution >= 0.6 is 23.1 Å². The third-order valence-electron chi connectivity index (χ3n) is 6.05. The lowest BCUT2D eigenvalue weighted by molar-refractivity contribution is -0.115. The van der Waals surface area contributed by atoms with E-state index in [0.29, 0.717) is 44.2 Å². The van der Waals surface area contributed by atoms with Crippen LogP contribution in [-0.4, -0.2) is 33.8 Å². The van der Waals surface area contributed by atoms with Crippen molar-refractivity contribution < 1.29 is 14.3 Å². The van der Waals surface area contributed by atoms with Crippen molar-refractivity contribution in [3.8, 4) is 5.75 Å². The Labute approximate surface area is 228 Å². The highest BCUT2D eigenvalue weighted by molar-refractivity contribution is 8.00. The van der Waals surface area contributed by atoms with Gasteiger partial charge in [0.25, 0.3) is 11.5 Å². The van der Waals surface area contributed by atoms with Gasteiger partial charge in [0.1, 0.15) is 10.6 Å². The average Bonchev–Trinajstić information content (AvgIpc) is 3.23. The number of benzene rings is 2. The smallest absolute Gasteiger partial charge is 0.281 e. The van der Waals surface area contributed by atoms with Gasteiger partial charge < -0.3 is 21.2 Å². The van der Waals surface area contributed by atoms with Crippen molar-refractivity contribution in [2.75, 3.05) is 23.6 Å². The fourth-order valence-electron chi connectivity index (χ4n) is 3.98. The van der Waals surface area contributed by atoms with Gasteiger partial charge in [-0.2, -0.15) is 0 Å². The first-order chi connectivity index (χ1) is 18.1. The van der Waals surface area contributed by atoms with E-state index in [1.807, 2.05) is 39.0 Å². The van der Waals surface area contributed by atoms with Gasteiger partial charge in [-0.25, -0.2) is 9.66 Å². The van der Waals surface area contributed by atoms with Gasteiger partial charge in [0.05, 0.1) is 22.6 Å². The molecule has 2 aromatic carbocycles. The van der Waals surface area contributed by atoms with Crippen LogP contribution in [0.1, 0.15) is 39.7 Å². The van der Waals surface area contributed by atoms with Gasteiger partial charge in [-0.15, -0.1) is 11.3 Å². The van der Waals surface area contributed by atoms with E-state index in [2.05, 4.69) is 15.6 Å². The number of carbonyl (C=O) groups is 2.